The predicted octanol–water partition coefficient (Wildman–Crippen LogP) is 4.35. The Hall–Kier alpha value is -1.28. The van der Waals surface area contributed by atoms with Crippen LogP contribution in [0.5, 0.6) is 0 Å². The highest BCUT2D eigenvalue weighted by Crippen LogP contribution is 2.32. The summed E-state index contributed by atoms with van der Waals surface area (Å²) in [5, 5.41) is 3.62. The van der Waals surface area contributed by atoms with Crippen LogP contribution in [-0.2, 0) is 0 Å². The molecule has 1 nitrogen and oxygen atoms in total. The highest BCUT2D eigenvalue weighted by atomic mass is 79.9. The Morgan fingerprint density at radius 2 is 1.71 bits per heavy atom. The summed E-state index contributed by atoms with van der Waals surface area (Å²) in [6.07, 6.45) is 1.73. The fraction of sp³-hybridized carbons (Fsp3) is 0. The van der Waals surface area contributed by atoms with Crippen LogP contribution in [0.4, 0.5) is 0 Å². The fourth-order valence-electron chi connectivity index (χ4n) is 1.77. The second-order valence-electron chi connectivity index (χ2n) is 3.24. The van der Waals surface area contributed by atoms with Crippen molar-refractivity contribution in [3.05, 3.63) is 47.1 Å². The third-order valence-electron chi connectivity index (χ3n) is 2.43. The van der Waals surface area contributed by atoms with Gasteiger partial charge >= 0.3 is 0 Å². The van der Waals surface area contributed by atoms with Gasteiger partial charge in [0.25, 0.3) is 0 Å². The maximum atomic E-state index is 5.38. The van der Waals surface area contributed by atoms with E-state index >= 15 is 0 Å². The molecular weight excluding hydrogens is 240 g/mol. The van der Waals surface area contributed by atoms with Gasteiger partial charge < -0.3 is 4.42 Å². The second kappa shape index (κ2) is 2.85. The number of halogens is 1. The van der Waals surface area contributed by atoms with Crippen molar-refractivity contribution in [2.24, 2.45) is 0 Å². The first-order chi connectivity index (χ1) is 6.86. The quantitative estimate of drug-likeness (QED) is 0.575. The van der Waals surface area contributed by atoms with Gasteiger partial charge in [-0.15, -0.1) is 0 Å². The topological polar surface area (TPSA) is 13.1 Å². The maximum Gasteiger partial charge on any atom is 0.135 e. The maximum absolute atomic E-state index is 5.38. The summed E-state index contributed by atoms with van der Waals surface area (Å²) < 4.78 is 6.46. The molecule has 0 fully saturated rings. The molecular formula is C12H7BrO. The molecule has 68 valence electrons. The van der Waals surface area contributed by atoms with Gasteiger partial charge in [-0.05, 0) is 22.9 Å². The molecule has 0 radical (unpaired) electrons. The number of benzene rings is 2. The van der Waals surface area contributed by atoms with Crippen LogP contribution in [0, 0.1) is 0 Å². The van der Waals surface area contributed by atoms with E-state index < -0.39 is 0 Å². The molecule has 2 aromatic carbocycles. The first kappa shape index (κ1) is 8.06. The smallest absolute Gasteiger partial charge is 0.135 e. The molecule has 2 heteroatoms. The van der Waals surface area contributed by atoms with Gasteiger partial charge in [-0.25, -0.2) is 0 Å². The Morgan fingerprint density at radius 3 is 2.57 bits per heavy atom. The molecule has 1 aromatic heterocycles. The van der Waals surface area contributed by atoms with Crippen LogP contribution >= 0.6 is 15.9 Å². The highest BCUT2D eigenvalue weighted by Gasteiger charge is 2.05. The van der Waals surface area contributed by atoms with Gasteiger partial charge in [-0.2, -0.15) is 0 Å². The van der Waals surface area contributed by atoms with E-state index in [9.17, 15) is 0 Å². The monoisotopic (exact) mass is 246 g/mol. The van der Waals surface area contributed by atoms with Crippen LogP contribution in [0.25, 0.3) is 21.7 Å². The van der Waals surface area contributed by atoms with Crippen molar-refractivity contribution in [2.75, 3.05) is 0 Å². The molecule has 0 spiro atoms. The minimum Gasteiger partial charge on any atom is -0.464 e. The minimum absolute atomic E-state index is 0.926. The number of hydrogen-bond acceptors (Lipinski definition) is 1. The SMILES string of the molecule is Brc1cc2occc2c2ccccc12. The molecule has 3 aromatic rings. The Labute approximate surface area is 89.5 Å². The summed E-state index contributed by atoms with van der Waals surface area (Å²) in [4.78, 5) is 0. The fourth-order valence-corrected chi connectivity index (χ4v) is 2.33. The van der Waals surface area contributed by atoms with Crippen molar-refractivity contribution in [2.45, 2.75) is 0 Å². The number of hydrogen-bond donors (Lipinski definition) is 0. The third-order valence-corrected chi connectivity index (χ3v) is 3.08. The third kappa shape index (κ3) is 1.01. The van der Waals surface area contributed by atoms with Gasteiger partial charge in [-0.1, -0.05) is 40.2 Å². The summed E-state index contributed by atoms with van der Waals surface area (Å²) in [6, 6.07) is 12.3. The first-order valence-electron chi connectivity index (χ1n) is 4.41. The molecule has 0 bridgehead atoms. The lowest BCUT2D eigenvalue weighted by Gasteiger charge is -2.00. The van der Waals surface area contributed by atoms with Crippen molar-refractivity contribution in [1.29, 1.82) is 0 Å². The molecule has 1 heterocycles. The van der Waals surface area contributed by atoms with Crippen molar-refractivity contribution >= 4 is 37.7 Å². The van der Waals surface area contributed by atoms with Crippen molar-refractivity contribution < 1.29 is 4.42 Å². The molecule has 3 rings (SSSR count). The van der Waals surface area contributed by atoms with E-state index in [0.29, 0.717) is 0 Å². The molecule has 0 N–H and O–H groups in total. The normalized spacial score (nSPS) is 11.2. The number of fused-ring (bicyclic) bond motifs is 3. The van der Waals surface area contributed by atoms with Crippen LogP contribution in [-0.4, -0.2) is 0 Å². The lowest BCUT2D eigenvalue weighted by atomic mass is 10.1. The largest absolute Gasteiger partial charge is 0.464 e. The summed E-state index contributed by atoms with van der Waals surface area (Å²) in [5.74, 6) is 0. The van der Waals surface area contributed by atoms with Crippen LogP contribution < -0.4 is 0 Å². The Morgan fingerprint density at radius 1 is 0.929 bits per heavy atom. The number of rotatable bonds is 0. The van der Waals surface area contributed by atoms with E-state index in [4.69, 9.17) is 4.42 Å². The Balaban J connectivity index is 2.67. The zero-order chi connectivity index (χ0) is 9.54. The molecule has 0 aliphatic rings. The van der Waals surface area contributed by atoms with Gasteiger partial charge in [0.2, 0.25) is 0 Å². The van der Waals surface area contributed by atoms with Crippen molar-refractivity contribution in [3.8, 4) is 0 Å². The lowest BCUT2D eigenvalue weighted by Crippen LogP contribution is -1.74. The second-order valence-corrected chi connectivity index (χ2v) is 4.09. The van der Waals surface area contributed by atoms with E-state index in [2.05, 4.69) is 28.1 Å². The number of furan rings is 1. The Kier molecular flexibility index (Phi) is 1.64. The zero-order valence-corrected chi connectivity index (χ0v) is 8.91. The van der Waals surface area contributed by atoms with Crippen molar-refractivity contribution in [3.63, 3.8) is 0 Å². The van der Waals surface area contributed by atoms with Crippen LogP contribution in [0.1, 0.15) is 0 Å². The molecule has 0 aliphatic carbocycles. The van der Waals surface area contributed by atoms with Gasteiger partial charge in [-0.3, -0.25) is 0 Å². The van der Waals surface area contributed by atoms with E-state index in [0.717, 1.165) is 10.1 Å². The molecule has 0 aliphatic heterocycles. The summed E-state index contributed by atoms with van der Waals surface area (Å²) >= 11 is 3.54. The van der Waals surface area contributed by atoms with Gasteiger partial charge in [0.15, 0.2) is 0 Å². The minimum atomic E-state index is 0.926. The zero-order valence-electron chi connectivity index (χ0n) is 7.33. The molecule has 0 saturated heterocycles. The predicted molar refractivity (Wildman–Crippen MR) is 61.4 cm³/mol. The highest BCUT2D eigenvalue weighted by molar-refractivity contribution is 9.10. The van der Waals surface area contributed by atoms with Crippen molar-refractivity contribution in [1.82, 2.24) is 0 Å². The van der Waals surface area contributed by atoms with Gasteiger partial charge in [0, 0.05) is 9.86 Å². The lowest BCUT2D eigenvalue weighted by molar-refractivity contribution is 0.616. The summed E-state index contributed by atoms with van der Waals surface area (Å²) in [5.41, 5.74) is 0.926. The first-order valence-corrected chi connectivity index (χ1v) is 5.20. The average molecular weight is 247 g/mol. The molecule has 0 saturated carbocycles. The Bertz CT molecular complexity index is 610. The van der Waals surface area contributed by atoms with Crippen LogP contribution in [0.2, 0.25) is 0 Å². The average Bonchev–Trinajstić information content (AvgIpc) is 2.66. The van der Waals surface area contributed by atoms with Gasteiger partial charge in [0.1, 0.15) is 5.58 Å². The molecule has 0 atom stereocenters. The van der Waals surface area contributed by atoms with Crippen LogP contribution in [0.3, 0.4) is 0 Å². The van der Waals surface area contributed by atoms with Gasteiger partial charge in [0.05, 0.1) is 6.26 Å². The van der Waals surface area contributed by atoms with E-state index in [1.165, 1.54) is 16.2 Å². The molecule has 14 heavy (non-hydrogen) atoms. The van der Waals surface area contributed by atoms with E-state index in [1.54, 1.807) is 6.26 Å². The summed E-state index contributed by atoms with van der Waals surface area (Å²) in [6.45, 7) is 0. The van der Waals surface area contributed by atoms with E-state index in [-0.39, 0.29) is 0 Å². The summed E-state index contributed by atoms with van der Waals surface area (Å²) in [7, 11) is 0. The standard InChI is InChI=1S/C12H7BrO/c13-11-7-12-10(5-6-14-12)8-3-1-2-4-9(8)11/h1-7H. The van der Waals surface area contributed by atoms with E-state index in [1.807, 2.05) is 24.3 Å². The van der Waals surface area contributed by atoms with Crippen LogP contribution in [0.15, 0.2) is 51.6 Å². The molecule has 0 amide bonds. The molecule has 0 unspecified atom stereocenters.